The number of hydrogen-bond donors (Lipinski definition) is 1. The molecule has 4 aromatic rings. The van der Waals surface area contributed by atoms with Crippen LogP contribution in [0.15, 0.2) is 65.1 Å². The van der Waals surface area contributed by atoms with E-state index >= 15 is 0 Å². The monoisotopic (exact) mass is 306 g/mol. The molecule has 0 aliphatic heterocycles. The summed E-state index contributed by atoms with van der Waals surface area (Å²) in [6, 6.07) is 20.5. The van der Waals surface area contributed by atoms with Gasteiger partial charge in [0.1, 0.15) is 5.69 Å². The number of hydrogen-bond acceptors (Lipinski definition) is 4. The molecule has 108 valence electrons. The van der Waals surface area contributed by atoms with Crippen LogP contribution in [0.3, 0.4) is 0 Å². The van der Waals surface area contributed by atoms with Crippen LogP contribution in [0.25, 0.3) is 32.1 Å². The van der Waals surface area contributed by atoms with Gasteiger partial charge in [0, 0.05) is 17.3 Å². The fourth-order valence-corrected chi connectivity index (χ4v) is 3.46. The number of oxazole rings is 1. The summed E-state index contributed by atoms with van der Waals surface area (Å²) in [5, 5.41) is 4.31. The van der Waals surface area contributed by atoms with Crippen molar-refractivity contribution < 1.29 is 4.42 Å². The van der Waals surface area contributed by atoms with E-state index in [4.69, 9.17) is 9.40 Å². The molecule has 2 heterocycles. The van der Waals surface area contributed by atoms with E-state index in [9.17, 15) is 0 Å². The van der Waals surface area contributed by atoms with Crippen molar-refractivity contribution in [2.75, 3.05) is 12.4 Å². The number of anilines is 1. The maximum absolute atomic E-state index is 5.92. The third kappa shape index (κ3) is 2.18. The van der Waals surface area contributed by atoms with E-state index in [1.54, 1.807) is 11.3 Å². The van der Waals surface area contributed by atoms with Gasteiger partial charge >= 0.3 is 0 Å². The molecule has 0 saturated carbocycles. The first kappa shape index (κ1) is 13.1. The summed E-state index contributed by atoms with van der Waals surface area (Å²) in [6.45, 7) is 0. The van der Waals surface area contributed by atoms with E-state index < -0.39 is 0 Å². The Morgan fingerprint density at radius 3 is 2.55 bits per heavy atom. The Morgan fingerprint density at radius 1 is 1.00 bits per heavy atom. The zero-order chi connectivity index (χ0) is 14.9. The van der Waals surface area contributed by atoms with E-state index in [-0.39, 0.29) is 0 Å². The Bertz CT molecular complexity index is 892. The van der Waals surface area contributed by atoms with Crippen molar-refractivity contribution in [3.8, 4) is 22.0 Å². The van der Waals surface area contributed by atoms with Gasteiger partial charge in [-0.1, -0.05) is 48.5 Å². The summed E-state index contributed by atoms with van der Waals surface area (Å²) < 4.78 is 7.16. The normalized spacial score (nSPS) is 11.0. The van der Waals surface area contributed by atoms with Gasteiger partial charge in [-0.25, -0.2) is 4.98 Å². The first-order chi connectivity index (χ1) is 10.8. The molecular weight excluding hydrogens is 292 g/mol. The van der Waals surface area contributed by atoms with Gasteiger partial charge in [0.25, 0.3) is 0 Å². The van der Waals surface area contributed by atoms with Crippen LogP contribution in [0.1, 0.15) is 0 Å². The molecule has 22 heavy (non-hydrogen) atoms. The SMILES string of the molecule is CNc1oc(-c2cc3ccccc3s2)nc1-c1ccccc1. The van der Waals surface area contributed by atoms with Crippen LogP contribution in [0.4, 0.5) is 5.88 Å². The van der Waals surface area contributed by atoms with Crippen LogP contribution in [-0.4, -0.2) is 12.0 Å². The Balaban J connectivity index is 1.84. The third-order valence-corrected chi connectivity index (χ3v) is 4.64. The third-order valence-electron chi connectivity index (χ3n) is 3.54. The molecule has 4 heteroatoms. The highest BCUT2D eigenvalue weighted by Gasteiger charge is 2.16. The molecule has 0 spiro atoms. The second-order valence-electron chi connectivity index (χ2n) is 4.96. The van der Waals surface area contributed by atoms with Crippen molar-refractivity contribution in [2.45, 2.75) is 0 Å². The lowest BCUT2D eigenvalue weighted by atomic mass is 10.1. The highest BCUT2D eigenvalue weighted by atomic mass is 32.1. The lowest BCUT2D eigenvalue weighted by Crippen LogP contribution is -1.88. The quantitative estimate of drug-likeness (QED) is 0.560. The molecular formula is C18H14N2OS. The van der Waals surface area contributed by atoms with Crippen LogP contribution in [0.5, 0.6) is 0 Å². The minimum atomic E-state index is 0.657. The average Bonchev–Trinajstić information content (AvgIpc) is 3.19. The standard InChI is InChI=1S/C18H14N2OS/c1-19-18-16(12-7-3-2-4-8-12)20-17(21-18)15-11-13-9-5-6-10-14(13)22-15/h2-11,19H,1H3. The number of aromatic nitrogens is 1. The molecule has 0 aliphatic rings. The molecule has 2 aromatic carbocycles. The van der Waals surface area contributed by atoms with E-state index in [0.29, 0.717) is 11.8 Å². The van der Waals surface area contributed by atoms with Gasteiger partial charge < -0.3 is 9.73 Å². The predicted molar refractivity (Wildman–Crippen MR) is 92.3 cm³/mol. The lowest BCUT2D eigenvalue weighted by molar-refractivity contribution is 0.591. The Kier molecular flexibility index (Phi) is 3.16. The van der Waals surface area contributed by atoms with Gasteiger partial charge in [0.2, 0.25) is 11.8 Å². The highest BCUT2D eigenvalue weighted by molar-refractivity contribution is 7.22. The van der Waals surface area contributed by atoms with Gasteiger partial charge in [0.15, 0.2) is 0 Å². The van der Waals surface area contributed by atoms with E-state index in [0.717, 1.165) is 16.1 Å². The summed E-state index contributed by atoms with van der Waals surface area (Å²) in [7, 11) is 1.85. The molecule has 0 bridgehead atoms. The largest absolute Gasteiger partial charge is 0.419 e. The van der Waals surface area contributed by atoms with Crippen molar-refractivity contribution in [2.24, 2.45) is 0 Å². The van der Waals surface area contributed by atoms with Crippen molar-refractivity contribution in [3.05, 3.63) is 60.7 Å². The minimum absolute atomic E-state index is 0.657. The smallest absolute Gasteiger partial charge is 0.239 e. The van der Waals surface area contributed by atoms with Gasteiger partial charge in [-0.2, -0.15) is 0 Å². The number of nitrogens with zero attached hydrogens (tertiary/aromatic N) is 1. The van der Waals surface area contributed by atoms with Crippen LogP contribution < -0.4 is 5.32 Å². The van der Waals surface area contributed by atoms with Crippen molar-refractivity contribution in [3.63, 3.8) is 0 Å². The summed E-state index contributed by atoms with van der Waals surface area (Å²) in [5.41, 5.74) is 1.89. The summed E-state index contributed by atoms with van der Waals surface area (Å²) >= 11 is 1.69. The summed E-state index contributed by atoms with van der Waals surface area (Å²) in [4.78, 5) is 5.74. The molecule has 2 aromatic heterocycles. The molecule has 4 rings (SSSR count). The Hall–Kier alpha value is -2.59. The number of thiophene rings is 1. The molecule has 1 N–H and O–H groups in total. The van der Waals surface area contributed by atoms with Crippen LogP contribution in [0, 0.1) is 0 Å². The second-order valence-corrected chi connectivity index (χ2v) is 6.05. The molecule has 0 aliphatic carbocycles. The zero-order valence-corrected chi connectivity index (χ0v) is 12.9. The van der Waals surface area contributed by atoms with Crippen LogP contribution in [-0.2, 0) is 0 Å². The van der Waals surface area contributed by atoms with Gasteiger partial charge in [-0.15, -0.1) is 11.3 Å². The molecule has 0 amide bonds. The first-order valence-corrected chi connectivity index (χ1v) is 7.90. The number of fused-ring (bicyclic) bond motifs is 1. The molecule has 0 atom stereocenters. The number of benzene rings is 2. The predicted octanol–water partition coefficient (Wildman–Crippen LogP) is 5.27. The van der Waals surface area contributed by atoms with Crippen molar-refractivity contribution >= 4 is 27.3 Å². The lowest BCUT2D eigenvalue weighted by Gasteiger charge is -1.98. The van der Waals surface area contributed by atoms with Crippen LogP contribution in [0.2, 0.25) is 0 Å². The molecule has 3 nitrogen and oxygen atoms in total. The summed E-state index contributed by atoms with van der Waals surface area (Å²) in [6.07, 6.45) is 0. The Morgan fingerprint density at radius 2 is 1.77 bits per heavy atom. The maximum atomic E-state index is 5.92. The van der Waals surface area contributed by atoms with Crippen molar-refractivity contribution in [1.82, 2.24) is 4.98 Å². The van der Waals surface area contributed by atoms with Gasteiger partial charge in [-0.3, -0.25) is 0 Å². The maximum Gasteiger partial charge on any atom is 0.239 e. The first-order valence-electron chi connectivity index (χ1n) is 7.08. The Labute approximate surface area is 132 Å². The molecule has 0 radical (unpaired) electrons. The van der Waals surface area contributed by atoms with Gasteiger partial charge in [-0.05, 0) is 17.5 Å². The second kappa shape index (κ2) is 5.31. The van der Waals surface area contributed by atoms with E-state index in [1.807, 2.05) is 49.5 Å². The molecule has 0 fully saturated rings. The molecule has 0 unspecified atom stereocenters. The van der Waals surface area contributed by atoms with Gasteiger partial charge in [0.05, 0.1) is 4.88 Å². The minimum Gasteiger partial charge on any atom is -0.419 e. The topological polar surface area (TPSA) is 38.1 Å². The summed E-state index contributed by atoms with van der Waals surface area (Å²) in [5.74, 6) is 1.35. The van der Waals surface area contributed by atoms with E-state index in [2.05, 4.69) is 23.5 Å². The zero-order valence-electron chi connectivity index (χ0n) is 12.0. The van der Waals surface area contributed by atoms with E-state index in [1.165, 1.54) is 10.1 Å². The highest BCUT2D eigenvalue weighted by Crippen LogP contribution is 2.37. The average molecular weight is 306 g/mol. The van der Waals surface area contributed by atoms with Crippen molar-refractivity contribution in [1.29, 1.82) is 0 Å². The fraction of sp³-hybridized carbons (Fsp3) is 0.0556. The number of nitrogens with one attached hydrogen (secondary N) is 1. The fourth-order valence-electron chi connectivity index (χ4n) is 2.47. The number of rotatable bonds is 3. The van der Waals surface area contributed by atoms with Crippen LogP contribution >= 0.6 is 11.3 Å². The molecule has 0 saturated heterocycles.